The van der Waals surface area contributed by atoms with Gasteiger partial charge in [-0.3, -0.25) is 9.36 Å². The van der Waals surface area contributed by atoms with Gasteiger partial charge in [0.05, 0.1) is 30.6 Å². The summed E-state index contributed by atoms with van der Waals surface area (Å²) in [6.07, 6.45) is 0. The molecule has 156 valence electrons. The molecular weight excluding hydrogens is 384 g/mol. The van der Waals surface area contributed by atoms with Crippen molar-refractivity contribution in [2.75, 3.05) is 26.1 Å². The van der Waals surface area contributed by atoms with Crippen molar-refractivity contribution < 1.29 is 4.74 Å². The lowest BCUT2D eigenvalue weighted by atomic mass is 10.00. The molecule has 4 nitrogen and oxygen atoms in total. The van der Waals surface area contributed by atoms with E-state index in [-0.39, 0.29) is 5.56 Å². The van der Waals surface area contributed by atoms with Crippen molar-refractivity contribution in [1.82, 2.24) is 4.57 Å². The fourth-order valence-corrected chi connectivity index (χ4v) is 3.97. The first-order chi connectivity index (χ1) is 15.1. The van der Waals surface area contributed by atoms with Crippen LogP contribution in [0.25, 0.3) is 22.4 Å². The van der Waals surface area contributed by atoms with Crippen LogP contribution < -0.4 is 15.2 Å². The summed E-state index contributed by atoms with van der Waals surface area (Å²) in [5.41, 5.74) is 5.02. The van der Waals surface area contributed by atoms with Gasteiger partial charge in [-0.2, -0.15) is 0 Å². The van der Waals surface area contributed by atoms with Crippen LogP contribution in [0.3, 0.4) is 0 Å². The predicted molar refractivity (Wildman–Crippen MR) is 128 cm³/mol. The highest BCUT2D eigenvalue weighted by Gasteiger charge is 2.26. The van der Waals surface area contributed by atoms with Crippen LogP contribution in [-0.2, 0) is 6.54 Å². The molecule has 0 amide bonds. The van der Waals surface area contributed by atoms with Crippen LogP contribution in [0.4, 0.5) is 5.69 Å². The van der Waals surface area contributed by atoms with Gasteiger partial charge < -0.3 is 9.64 Å². The molecule has 0 unspecified atom stereocenters. The number of methoxy groups -OCH3 is 1. The van der Waals surface area contributed by atoms with Crippen molar-refractivity contribution in [2.45, 2.75) is 6.54 Å². The van der Waals surface area contributed by atoms with Gasteiger partial charge in [-0.25, -0.2) is 0 Å². The molecule has 0 aliphatic carbocycles. The Morgan fingerprint density at radius 2 is 1.29 bits per heavy atom. The highest BCUT2D eigenvalue weighted by atomic mass is 16.5. The maximum Gasteiger partial charge on any atom is 0.261 e. The minimum Gasteiger partial charge on any atom is -0.492 e. The largest absolute Gasteiger partial charge is 0.492 e. The number of hydrogen-bond donors (Lipinski definition) is 0. The summed E-state index contributed by atoms with van der Waals surface area (Å²) in [5.74, 6) is 0.686. The van der Waals surface area contributed by atoms with Crippen molar-refractivity contribution in [3.05, 3.63) is 107 Å². The number of rotatable bonds is 6. The van der Waals surface area contributed by atoms with Crippen LogP contribution >= 0.6 is 0 Å². The first kappa shape index (κ1) is 20.5. The maximum absolute atomic E-state index is 14.0. The van der Waals surface area contributed by atoms with E-state index in [0.717, 1.165) is 28.1 Å². The van der Waals surface area contributed by atoms with E-state index < -0.39 is 0 Å². The van der Waals surface area contributed by atoms with Crippen LogP contribution in [0.1, 0.15) is 5.56 Å². The lowest BCUT2D eigenvalue weighted by Gasteiger charge is -2.26. The Hall–Kier alpha value is -3.79. The summed E-state index contributed by atoms with van der Waals surface area (Å²) in [7, 11) is 5.56. The maximum atomic E-state index is 14.0. The number of nitrogens with zero attached hydrogens (tertiary/aromatic N) is 2. The molecule has 4 heteroatoms. The third-order valence-corrected chi connectivity index (χ3v) is 5.34. The second kappa shape index (κ2) is 8.92. The first-order valence-corrected chi connectivity index (χ1v) is 10.3. The lowest BCUT2D eigenvalue weighted by molar-refractivity contribution is 0.412. The fourth-order valence-electron chi connectivity index (χ4n) is 3.97. The Bertz CT molecular complexity index is 1220. The summed E-state index contributed by atoms with van der Waals surface area (Å²) >= 11 is 0. The molecule has 0 aliphatic rings. The quantitative estimate of drug-likeness (QED) is 0.432. The SMILES string of the molecule is COc1c(N(C)C)c(-c2ccccc2)c(=O)n(Cc2ccccc2)c1-c1ccccc1. The third-order valence-electron chi connectivity index (χ3n) is 5.34. The van der Waals surface area contributed by atoms with Gasteiger partial charge in [0.25, 0.3) is 5.56 Å². The molecule has 3 aromatic carbocycles. The molecule has 0 fully saturated rings. The van der Waals surface area contributed by atoms with Gasteiger partial charge in [0, 0.05) is 19.7 Å². The van der Waals surface area contributed by atoms with Gasteiger partial charge in [0.1, 0.15) is 0 Å². The highest BCUT2D eigenvalue weighted by Crippen LogP contribution is 2.42. The second-order valence-electron chi connectivity index (χ2n) is 7.61. The molecule has 0 radical (unpaired) electrons. The number of benzene rings is 3. The number of aromatic nitrogens is 1. The van der Waals surface area contributed by atoms with Crippen LogP contribution in [-0.4, -0.2) is 25.8 Å². The molecule has 0 bridgehead atoms. The molecule has 1 heterocycles. The zero-order valence-electron chi connectivity index (χ0n) is 18.1. The molecule has 0 aliphatic heterocycles. The molecule has 4 rings (SSSR count). The molecular formula is C27H26N2O2. The van der Waals surface area contributed by atoms with Crippen LogP contribution in [0.15, 0.2) is 95.8 Å². The van der Waals surface area contributed by atoms with E-state index in [4.69, 9.17) is 4.74 Å². The Kier molecular flexibility index (Phi) is 5.89. The van der Waals surface area contributed by atoms with Gasteiger partial charge in [-0.1, -0.05) is 91.0 Å². The lowest BCUT2D eigenvalue weighted by Crippen LogP contribution is -2.28. The van der Waals surface area contributed by atoms with Gasteiger partial charge in [0.15, 0.2) is 5.75 Å². The van der Waals surface area contributed by atoms with E-state index >= 15 is 0 Å². The third kappa shape index (κ3) is 3.97. The number of ether oxygens (including phenoxy) is 1. The topological polar surface area (TPSA) is 34.5 Å². The molecule has 4 aromatic rings. The van der Waals surface area contributed by atoms with E-state index in [0.29, 0.717) is 17.9 Å². The predicted octanol–water partition coefficient (Wildman–Crippen LogP) is 5.31. The highest BCUT2D eigenvalue weighted by molar-refractivity contribution is 5.88. The van der Waals surface area contributed by atoms with Crippen molar-refractivity contribution in [3.8, 4) is 28.1 Å². The molecule has 0 N–H and O–H groups in total. The monoisotopic (exact) mass is 410 g/mol. The second-order valence-corrected chi connectivity index (χ2v) is 7.61. The summed E-state index contributed by atoms with van der Waals surface area (Å²) in [6, 6.07) is 29.8. The summed E-state index contributed by atoms with van der Waals surface area (Å²) in [6.45, 7) is 0.452. The first-order valence-electron chi connectivity index (χ1n) is 10.3. The Balaban J connectivity index is 2.12. The molecule has 0 atom stereocenters. The van der Waals surface area contributed by atoms with E-state index in [1.165, 1.54) is 0 Å². The van der Waals surface area contributed by atoms with Gasteiger partial charge in [-0.15, -0.1) is 0 Å². The van der Waals surface area contributed by atoms with Crippen molar-refractivity contribution in [3.63, 3.8) is 0 Å². The Labute approximate surface area is 183 Å². The normalized spacial score (nSPS) is 10.7. The molecule has 0 spiro atoms. The summed E-state index contributed by atoms with van der Waals surface area (Å²) in [5, 5.41) is 0. The van der Waals surface area contributed by atoms with Crippen LogP contribution in [0.5, 0.6) is 5.75 Å². The minimum atomic E-state index is -0.0431. The molecule has 0 saturated carbocycles. The van der Waals surface area contributed by atoms with E-state index in [2.05, 4.69) is 0 Å². The Morgan fingerprint density at radius 3 is 1.81 bits per heavy atom. The summed E-state index contributed by atoms with van der Waals surface area (Å²) in [4.78, 5) is 16.0. The molecule has 31 heavy (non-hydrogen) atoms. The molecule has 0 saturated heterocycles. The average Bonchev–Trinajstić information content (AvgIpc) is 2.81. The van der Waals surface area contributed by atoms with E-state index in [1.807, 2.05) is 115 Å². The number of pyridine rings is 1. The van der Waals surface area contributed by atoms with Crippen LogP contribution in [0.2, 0.25) is 0 Å². The van der Waals surface area contributed by atoms with Crippen molar-refractivity contribution in [1.29, 1.82) is 0 Å². The Morgan fingerprint density at radius 1 is 0.774 bits per heavy atom. The fraction of sp³-hybridized carbons (Fsp3) is 0.148. The molecule has 1 aromatic heterocycles. The zero-order chi connectivity index (χ0) is 21.8. The number of hydrogen-bond acceptors (Lipinski definition) is 3. The van der Waals surface area contributed by atoms with Crippen molar-refractivity contribution in [2.24, 2.45) is 0 Å². The number of anilines is 1. The van der Waals surface area contributed by atoms with Crippen LogP contribution in [0, 0.1) is 0 Å². The van der Waals surface area contributed by atoms with E-state index in [1.54, 1.807) is 7.11 Å². The smallest absolute Gasteiger partial charge is 0.261 e. The average molecular weight is 411 g/mol. The van der Waals surface area contributed by atoms with E-state index in [9.17, 15) is 4.79 Å². The van der Waals surface area contributed by atoms with Gasteiger partial charge >= 0.3 is 0 Å². The summed E-state index contributed by atoms with van der Waals surface area (Å²) < 4.78 is 7.82. The zero-order valence-corrected chi connectivity index (χ0v) is 18.1. The van der Waals surface area contributed by atoms with Gasteiger partial charge in [0.2, 0.25) is 0 Å². The minimum absolute atomic E-state index is 0.0431. The van der Waals surface area contributed by atoms with Gasteiger partial charge in [-0.05, 0) is 11.1 Å². The standard InChI is InChI=1S/C27H26N2O2/c1-28(2)25-23(21-15-9-5-10-16-21)27(30)29(19-20-13-7-4-8-14-20)24(26(25)31-3)22-17-11-6-12-18-22/h4-18H,19H2,1-3H3. The van der Waals surface area contributed by atoms with Crippen molar-refractivity contribution >= 4 is 5.69 Å².